The molecule has 0 bridgehead atoms. The highest BCUT2D eigenvalue weighted by atomic mass is 32.2. The zero-order chi connectivity index (χ0) is 14.3. The van der Waals surface area contributed by atoms with E-state index in [1.54, 1.807) is 10.9 Å². The van der Waals surface area contributed by atoms with Crippen molar-refractivity contribution in [2.24, 2.45) is 0 Å². The molecule has 0 aliphatic carbocycles. The number of hydrogen-bond acceptors (Lipinski definition) is 8. The van der Waals surface area contributed by atoms with Crippen LogP contribution in [0.3, 0.4) is 0 Å². The maximum Gasteiger partial charge on any atom is 0.167 e. The Morgan fingerprint density at radius 2 is 2.25 bits per heavy atom. The number of rotatable bonds is 3. The number of hydrogen-bond donors (Lipinski definition) is 3. The number of thioether (sulfide) groups is 1. The van der Waals surface area contributed by atoms with Crippen molar-refractivity contribution >= 4 is 28.7 Å². The van der Waals surface area contributed by atoms with Crippen LogP contribution in [0.4, 0.5) is 5.82 Å². The molecule has 4 unspecified atom stereocenters. The van der Waals surface area contributed by atoms with Crippen molar-refractivity contribution in [1.82, 2.24) is 19.5 Å². The molecular weight excluding hydrogens is 282 g/mol. The minimum atomic E-state index is -0.753. The number of imidazole rings is 1. The largest absolute Gasteiger partial charge is 0.394 e. The van der Waals surface area contributed by atoms with E-state index in [2.05, 4.69) is 15.0 Å². The number of aromatic nitrogens is 4. The Hall–Kier alpha value is -1.42. The van der Waals surface area contributed by atoms with E-state index in [1.165, 1.54) is 18.1 Å². The summed E-state index contributed by atoms with van der Waals surface area (Å²) in [4.78, 5) is 12.2. The minimum Gasteiger partial charge on any atom is -0.394 e. The second kappa shape index (κ2) is 5.17. The fraction of sp³-hybridized carbons (Fsp3) is 0.545. The molecule has 20 heavy (non-hydrogen) atoms. The Bertz CT molecular complexity index is 621. The first-order valence-corrected chi connectivity index (χ1v) is 7.36. The van der Waals surface area contributed by atoms with E-state index in [0.717, 1.165) is 0 Å². The summed E-state index contributed by atoms with van der Waals surface area (Å²) in [5.74, 6) is 0.298. The normalized spacial score (nSPS) is 30.1. The Morgan fingerprint density at radius 3 is 2.95 bits per heavy atom. The van der Waals surface area contributed by atoms with E-state index in [9.17, 15) is 10.2 Å². The number of ether oxygens (including phenoxy) is 1. The second-order valence-corrected chi connectivity index (χ2v) is 5.54. The van der Waals surface area contributed by atoms with E-state index in [-0.39, 0.29) is 11.9 Å². The van der Waals surface area contributed by atoms with Crippen LogP contribution in [-0.4, -0.2) is 60.1 Å². The number of nitrogens with zero attached hydrogens (tertiary/aromatic N) is 4. The highest BCUT2D eigenvalue weighted by Gasteiger charge is 2.44. The van der Waals surface area contributed by atoms with Gasteiger partial charge in [0, 0.05) is 0 Å². The number of nitrogens with two attached hydrogens (primary N) is 1. The number of aliphatic hydroxyl groups excluding tert-OH is 2. The van der Waals surface area contributed by atoms with Gasteiger partial charge in [-0.25, -0.2) is 15.0 Å². The van der Waals surface area contributed by atoms with Crippen LogP contribution < -0.4 is 5.73 Å². The first kappa shape index (κ1) is 13.6. The molecule has 4 N–H and O–H groups in total. The summed E-state index contributed by atoms with van der Waals surface area (Å²) in [6, 6.07) is 0. The van der Waals surface area contributed by atoms with Gasteiger partial charge in [0.15, 0.2) is 17.7 Å². The van der Waals surface area contributed by atoms with Crippen molar-refractivity contribution in [3.8, 4) is 0 Å². The molecule has 2 aromatic heterocycles. The Morgan fingerprint density at radius 1 is 1.45 bits per heavy atom. The number of aliphatic hydroxyl groups is 2. The predicted molar refractivity (Wildman–Crippen MR) is 74.0 cm³/mol. The van der Waals surface area contributed by atoms with Crippen LogP contribution in [-0.2, 0) is 4.74 Å². The van der Waals surface area contributed by atoms with Crippen molar-refractivity contribution in [1.29, 1.82) is 0 Å². The number of fused-ring (bicyclic) bond motifs is 1. The standard InChI is InChI=1S/C11H15N5O3S/c1-20-8-7(18)5(2-17)19-11(8)16-4-15-6-9(12)13-3-14-10(6)16/h3-5,7-8,11,17-18H,2H2,1H3,(H2,12,13,14). The molecular formula is C11H15N5O3S. The van der Waals surface area contributed by atoms with Crippen LogP contribution in [0.25, 0.3) is 11.2 Å². The van der Waals surface area contributed by atoms with Crippen LogP contribution in [0.15, 0.2) is 12.7 Å². The van der Waals surface area contributed by atoms with Gasteiger partial charge in [-0.3, -0.25) is 4.57 Å². The smallest absolute Gasteiger partial charge is 0.167 e. The van der Waals surface area contributed by atoms with Crippen LogP contribution in [0.1, 0.15) is 6.23 Å². The summed E-state index contributed by atoms with van der Waals surface area (Å²) in [6.45, 7) is -0.238. The highest BCUT2D eigenvalue weighted by Crippen LogP contribution is 2.37. The maximum absolute atomic E-state index is 10.1. The third kappa shape index (κ3) is 1.94. The van der Waals surface area contributed by atoms with E-state index in [0.29, 0.717) is 17.0 Å². The van der Waals surface area contributed by atoms with Gasteiger partial charge in [0.2, 0.25) is 0 Å². The first-order chi connectivity index (χ1) is 9.67. The molecule has 2 aromatic rings. The van der Waals surface area contributed by atoms with Crippen molar-refractivity contribution in [3.63, 3.8) is 0 Å². The average molecular weight is 297 g/mol. The van der Waals surface area contributed by atoms with Gasteiger partial charge in [-0.2, -0.15) is 11.8 Å². The summed E-state index contributed by atoms with van der Waals surface area (Å²) in [6.07, 6.45) is 2.98. The lowest BCUT2D eigenvalue weighted by Crippen LogP contribution is -2.31. The minimum absolute atomic E-state index is 0.222. The van der Waals surface area contributed by atoms with Crippen LogP contribution >= 0.6 is 11.8 Å². The molecule has 4 atom stereocenters. The van der Waals surface area contributed by atoms with Crippen molar-refractivity contribution in [2.75, 3.05) is 18.6 Å². The van der Waals surface area contributed by atoms with E-state index >= 15 is 0 Å². The lowest BCUT2D eigenvalue weighted by atomic mass is 10.2. The molecule has 0 radical (unpaired) electrons. The van der Waals surface area contributed by atoms with Gasteiger partial charge in [-0.1, -0.05) is 0 Å². The molecule has 0 amide bonds. The van der Waals surface area contributed by atoms with Gasteiger partial charge in [0.25, 0.3) is 0 Å². The molecule has 1 aliphatic rings. The summed E-state index contributed by atoms with van der Waals surface area (Å²) < 4.78 is 7.44. The molecule has 9 heteroatoms. The Labute approximate surface area is 119 Å². The second-order valence-electron chi connectivity index (χ2n) is 4.52. The quantitative estimate of drug-likeness (QED) is 0.686. The SMILES string of the molecule is CSC1C(O)C(CO)OC1n1cnc2c(N)ncnc21. The molecule has 1 fully saturated rings. The average Bonchev–Trinajstić information content (AvgIpc) is 3.00. The molecule has 3 heterocycles. The molecule has 108 valence electrons. The third-order valence-electron chi connectivity index (χ3n) is 3.43. The molecule has 1 aliphatic heterocycles. The van der Waals surface area contributed by atoms with Gasteiger partial charge in [0.1, 0.15) is 17.9 Å². The lowest BCUT2D eigenvalue weighted by molar-refractivity contribution is -0.0430. The molecule has 0 aromatic carbocycles. The summed E-state index contributed by atoms with van der Waals surface area (Å²) >= 11 is 1.47. The number of anilines is 1. The summed E-state index contributed by atoms with van der Waals surface area (Å²) in [5.41, 5.74) is 6.80. The van der Waals surface area contributed by atoms with Crippen LogP contribution in [0.5, 0.6) is 0 Å². The van der Waals surface area contributed by atoms with Gasteiger partial charge >= 0.3 is 0 Å². The third-order valence-corrected chi connectivity index (χ3v) is 4.48. The summed E-state index contributed by atoms with van der Waals surface area (Å²) in [5, 5.41) is 19.2. The monoisotopic (exact) mass is 297 g/mol. The first-order valence-electron chi connectivity index (χ1n) is 6.07. The number of nitrogen functional groups attached to an aromatic ring is 1. The van der Waals surface area contributed by atoms with E-state index in [4.69, 9.17) is 10.5 Å². The van der Waals surface area contributed by atoms with Crippen molar-refractivity contribution in [2.45, 2.75) is 23.7 Å². The molecule has 0 saturated carbocycles. The Balaban J connectivity index is 2.04. The van der Waals surface area contributed by atoms with Gasteiger partial charge < -0.3 is 20.7 Å². The maximum atomic E-state index is 10.1. The lowest BCUT2D eigenvalue weighted by Gasteiger charge is -2.19. The highest BCUT2D eigenvalue weighted by molar-refractivity contribution is 7.99. The molecule has 1 saturated heterocycles. The van der Waals surface area contributed by atoms with Gasteiger partial charge in [-0.05, 0) is 6.26 Å². The van der Waals surface area contributed by atoms with Crippen LogP contribution in [0, 0.1) is 0 Å². The zero-order valence-electron chi connectivity index (χ0n) is 10.7. The van der Waals surface area contributed by atoms with Crippen LogP contribution in [0.2, 0.25) is 0 Å². The molecule has 8 nitrogen and oxygen atoms in total. The van der Waals surface area contributed by atoms with E-state index < -0.39 is 18.4 Å². The Kier molecular flexibility index (Phi) is 3.50. The predicted octanol–water partition coefficient (Wildman–Crippen LogP) is -0.609. The van der Waals surface area contributed by atoms with Gasteiger partial charge in [-0.15, -0.1) is 0 Å². The molecule has 0 spiro atoms. The van der Waals surface area contributed by atoms with Crippen molar-refractivity contribution < 1.29 is 14.9 Å². The molecule has 3 rings (SSSR count). The fourth-order valence-corrected chi connectivity index (χ4v) is 3.29. The topological polar surface area (TPSA) is 119 Å². The fourth-order valence-electron chi connectivity index (χ4n) is 2.40. The van der Waals surface area contributed by atoms with Gasteiger partial charge in [0.05, 0.1) is 24.3 Å². The summed E-state index contributed by atoms with van der Waals surface area (Å²) in [7, 11) is 0. The zero-order valence-corrected chi connectivity index (χ0v) is 11.6. The van der Waals surface area contributed by atoms with Crippen molar-refractivity contribution in [3.05, 3.63) is 12.7 Å². The van der Waals surface area contributed by atoms with E-state index in [1.807, 2.05) is 6.26 Å².